The molecule has 8 heteroatoms. The average molecular weight is 260 g/mol. The molecule has 0 bridgehead atoms. The molecule has 1 heterocycles. The molecule has 0 aliphatic carbocycles. The molecule has 1 rings (SSSR count). The first kappa shape index (κ1) is 13.7. The topological polar surface area (TPSA) is 104 Å². The van der Waals surface area contributed by atoms with Crippen molar-refractivity contribution in [2.75, 3.05) is 6.54 Å². The smallest absolute Gasteiger partial charge is 0.257 e. The second-order valence-electron chi connectivity index (χ2n) is 4.54. The Labute approximate surface area is 100 Å². The lowest BCUT2D eigenvalue weighted by Gasteiger charge is -2.20. The molecule has 0 spiro atoms. The number of nitrogens with zero attached hydrogens (tertiary/aromatic N) is 1. The van der Waals surface area contributed by atoms with E-state index < -0.39 is 15.6 Å². The van der Waals surface area contributed by atoms with Crippen LogP contribution in [-0.2, 0) is 14.8 Å². The van der Waals surface area contributed by atoms with Crippen LogP contribution in [0.5, 0.6) is 0 Å². The van der Waals surface area contributed by atoms with Crippen LogP contribution < -0.4 is 10.0 Å². The predicted molar refractivity (Wildman–Crippen MR) is 61.7 cm³/mol. The molecule has 0 saturated carbocycles. The third kappa shape index (κ3) is 4.53. The highest BCUT2D eigenvalue weighted by Crippen LogP contribution is 2.02. The van der Waals surface area contributed by atoms with Crippen LogP contribution in [0.2, 0.25) is 0 Å². The third-order valence-corrected chi connectivity index (χ3v) is 3.03. The fourth-order valence-electron chi connectivity index (χ4n) is 1.09. The van der Waals surface area contributed by atoms with Crippen LogP contribution in [0, 0.1) is 0 Å². The van der Waals surface area contributed by atoms with E-state index in [0.29, 0.717) is 0 Å². The highest BCUT2D eigenvalue weighted by atomic mass is 32.2. The summed E-state index contributed by atoms with van der Waals surface area (Å²) in [6, 6.07) is 1.31. The minimum Gasteiger partial charge on any atom is -0.350 e. The molecule has 0 fully saturated rings. The summed E-state index contributed by atoms with van der Waals surface area (Å²) in [5, 5.41) is 8.42. The van der Waals surface area contributed by atoms with Gasteiger partial charge in [-0.2, -0.15) is 5.10 Å². The van der Waals surface area contributed by atoms with Crippen molar-refractivity contribution in [1.29, 1.82) is 0 Å². The van der Waals surface area contributed by atoms with Crippen molar-refractivity contribution in [3.05, 3.63) is 12.3 Å². The Bertz CT molecular complexity index is 473. The zero-order valence-corrected chi connectivity index (χ0v) is 10.8. The Balaban J connectivity index is 2.55. The monoisotopic (exact) mass is 260 g/mol. The first-order valence-electron chi connectivity index (χ1n) is 5.01. The number of aromatic amines is 1. The Morgan fingerprint density at radius 2 is 2.12 bits per heavy atom. The van der Waals surface area contributed by atoms with Crippen molar-refractivity contribution in [1.82, 2.24) is 20.2 Å². The number of H-pyrrole nitrogens is 1. The van der Waals surface area contributed by atoms with E-state index in [2.05, 4.69) is 20.2 Å². The van der Waals surface area contributed by atoms with Gasteiger partial charge in [-0.25, -0.2) is 13.1 Å². The van der Waals surface area contributed by atoms with Gasteiger partial charge in [-0.05, 0) is 26.8 Å². The summed E-state index contributed by atoms with van der Waals surface area (Å²) in [5.41, 5.74) is -0.392. The molecular formula is C9H16N4O3S. The summed E-state index contributed by atoms with van der Waals surface area (Å²) in [6.45, 7) is 5.13. The highest BCUT2D eigenvalue weighted by Gasteiger charge is 2.18. The summed E-state index contributed by atoms with van der Waals surface area (Å²) in [5.74, 6) is -0.388. The standard InChI is InChI=1S/C9H16N4O3S/c1-9(2,3)12-7(14)6-11-17(15,16)8-4-5-10-13-8/h4-5,11H,6H2,1-3H3,(H,10,13)(H,12,14). The largest absolute Gasteiger partial charge is 0.350 e. The quantitative estimate of drug-likeness (QED) is 0.685. The first-order valence-corrected chi connectivity index (χ1v) is 6.49. The van der Waals surface area contributed by atoms with Crippen LogP contribution in [-0.4, -0.2) is 36.6 Å². The SMILES string of the molecule is CC(C)(C)NC(=O)CNS(=O)(=O)c1ccn[nH]1. The van der Waals surface area contributed by atoms with E-state index in [-0.39, 0.29) is 17.5 Å². The maximum Gasteiger partial charge on any atom is 0.257 e. The van der Waals surface area contributed by atoms with Gasteiger partial charge >= 0.3 is 0 Å². The fourth-order valence-corrected chi connectivity index (χ4v) is 1.98. The van der Waals surface area contributed by atoms with Crippen LogP contribution >= 0.6 is 0 Å². The third-order valence-electron chi connectivity index (χ3n) is 1.70. The number of carbonyl (C=O) groups excluding carboxylic acids is 1. The van der Waals surface area contributed by atoms with Crippen LogP contribution in [0.4, 0.5) is 0 Å². The normalized spacial score (nSPS) is 12.4. The number of nitrogens with one attached hydrogen (secondary N) is 3. The summed E-state index contributed by atoms with van der Waals surface area (Å²) in [6.07, 6.45) is 1.32. The molecule has 0 aromatic carbocycles. The number of rotatable bonds is 4. The van der Waals surface area contributed by atoms with Crippen LogP contribution in [0.25, 0.3) is 0 Å². The summed E-state index contributed by atoms with van der Waals surface area (Å²) >= 11 is 0. The molecule has 7 nitrogen and oxygen atoms in total. The summed E-state index contributed by atoms with van der Waals surface area (Å²) < 4.78 is 25.4. The van der Waals surface area contributed by atoms with Gasteiger partial charge in [-0.1, -0.05) is 0 Å². The number of hydrogen-bond acceptors (Lipinski definition) is 4. The fraction of sp³-hybridized carbons (Fsp3) is 0.556. The van der Waals surface area contributed by atoms with Crippen molar-refractivity contribution < 1.29 is 13.2 Å². The Morgan fingerprint density at radius 1 is 1.47 bits per heavy atom. The Kier molecular flexibility index (Phi) is 3.89. The lowest BCUT2D eigenvalue weighted by molar-refractivity contribution is -0.121. The molecule has 17 heavy (non-hydrogen) atoms. The second kappa shape index (κ2) is 4.84. The molecule has 0 atom stereocenters. The van der Waals surface area contributed by atoms with Gasteiger partial charge in [0.05, 0.1) is 12.7 Å². The number of sulfonamides is 1. The molecule has 1 aromatic heterocycles. The molecule has 0 saturated heterocycles. The molecule has 1 aromatic rings. The van der Waals surface area contributed by atoms with E-state index in [1.807, 2.05) is 20.8 Å². The number of carbonyl (C=O) groups is 1. The van der Waals surface area contributed by atoms with E-state index in [1.165, 1.54) is 12.3 Å². The molecular weight excluding hydrogens is 244 g/mol. The molecule has 96 valence electrons. The van der Waals surface area contributed by atoms with E-state index in [4.69, 9.17) is 0 Å². The zero-order chi connectivity index (χ0) is 13.1. The van der Waals surface area contributed by atoms with Gasteiger partial charge < -0.3 is 5.32 Å². The molecule has 1 amide bonds. The van der Waals surface area contributed by atoms with Gasteiger partial charge in [0.25, 0.3) is 10.0 Å². The number of amides is 1. The average Bonchev–Trinajstić information content (AvgIpc) is 2.65. The van der Waals surface area contributed by atoms with Crippen LogP contribution in [0.15, 0.2) is 17.3 Å². The maximum absolute atomic E-state index is 11.6. The van der Waals surface area contributed by atoms with E-state index in [0.717, 1.165) is 0 Å². The van der Waals surface area contributed by atoms with Crippen molar-refractivity contribution in [2.45, 2.75) is 31.3 Å². The van der Waals surface area contributed by atoms with E-state index in [9.17, 15) is 13.2 Å². The van der Waals surface area contributed by atoms with Gasteiger partial charge in [-0.15, -0.1) is 0 Å². The lowest BCUT2D eigenvalue weighted by atomic mass is 10.1. The van der Waals surface area contributed by atoms with Crippen molar-refractivity contribution >= 4 is 15.9 Å². The maximum atomic E-state index is 11.6. The van der Waals surface area contributed by atoms with Crippen LogP contribution in [0.3, 0.4) is 0 Å². The van der Waals surface area contributed by atoms with Gasteiger partial charge in [0, 0.05) is 5.54 Å². The highest BCUT2D eigenvalue weighted by molar-refractivity contribution is 7.89. The predicted octanol–water partition coefficient (Wildman–Crippen LogP) is -0.397. The van der Waals surface area contributed by atoms with Crippen molar-refractivity contribution in [2.24, 2.45) is 0 Å². The number of hydrogen-bond donors (Lipinski definition) is 3. The Morgan fingerprint density at radius 3 is 2.59 bits per heavy atom. The zero-order valence-electron chi connectivity index (χ0n) is 9.94. The van der Waals surface area contributed by atoms with E-state index in [1.54, 1.807) is 0 Å². The van der Waals surface area contributed by atoms with Crippen molar-refractivity contribution in [3.63, 3.8) is 0 Å². The minimum absolute atomic E-state index is 0.0685. The lowest BCUT2D eigenvalue weighted by Crippen LogP contribution is -2.45. The minimum atomic E-state index is -3.70. The van der Waals surface area contributed by atoms with Gasteiger partial charge in [0.2, 0.25) is 5.91 Å². The van der Waals surface area contributed by atoms with Crippen LogP contribution in [0.1, 0.15) is 20.8 Å². The Hall–Kier alpha value is -1.41. The molecule has 0 unspecified atom stereocenters. The van der Waals surface area contributed by atoms with E-state index >= 15 is 0 Å². The second-order valence-corrected chi connectivity index (χ2v) is 6.28. The molecule has 0 aliphatic rings. The number of aromatic nitrogens is 2. The van der Waals surface area contributed by atoms with Crippen molar-refractivity contribution in [3.8, 4) is 0 Å². The molecule has 3 N–H and O–H groups in total. The first-order chi connectivity index (χ1) is 7.71. The summed E-state index contributed by atoms with van der Waals surface area (Å²) in [4.78, 5) is 11.4. The van der Waals surface area contributed by atoms with Gasteiger partial charge in [0.15, 0.2) is 5.03 Å². The summed E-state index contributed by atoms with van der Waals surface area (Å²) in [7, 11) is -3.70. The molecule has 0 radical (unpaired) electrons. The van der Waals surface area contributed by atoms with Gasteiger partial charge in [0.1, 0.15) is 0 Å². The molecule has 0 aliphatic heterocycles. The van der Waals surface area contributed by atoms with Gasteiger partial charge in [-0.3, -0.25) is 9.89 Å².